The Kier molecular flexibility index (Phi) is 4.33. The molecule has 0 fully saturated rings. The number of aromatic nitrogens is 2. The van der Waals surface area contributed by atoms with Crippen LogP contribution in [0.2, 0.25) is 0 Å². The number of pyridine rings is 1. The zero-order chi connectivity index (χ0) is 16.9. The van der Waals surface area contributed by atoms with E-state index in [1.807, 2.05) is 30.3 Å². The van der Waals surface area contributed by atoms with Crippen LogP contribution in [0.1, 0.15) is 26.6 Å². The van der Waals surface area contributed by atoms with Gasteiger partial charge in [-0.25, -0.2) is 4.98 Å². The van der Waals surface area contributed by atoms with Crippen LogP contribution in [0.5, 0.6) is 0 Å². The number of nitrogens with one attached hydrogen (secondary N) is 2. The van der Waals surface area contributed by atoms with Crippen molar-refractivity contribution in [2.45, 2.75) is 6.92 Å². The van der Waals surface area contributed by atoms with Gasteiger partial charge in [-0.1, -0.05) is 18.2 Å². The molecule has 0 unspecified atom stereocenters. The van der Waals surface area contributed by atoms with Gasteiger partial charge in [0.2, 0.25) is 5.89 Å². The number of benzene rings is 1. The summed E-state index contributed by atoms with van der Waals surface area (Å²) in [5.41, 5.74) is 5.83. The van der Waals surface area contributed by atoms with E-state index in [0.29, 0.717) is 17.2 Å². The topological polar surface area (TPSA) is 97.1 Å². The van der Waals surface area contributed by atoms with E-state index in [2.05, 4.69) is 20.8 Å². The zero-order valence-electron chi connectivity index (χ0n) is 12.8. The average molecular weight is 322 g/mol. The van der Waals surface area contributed by atoms with E-state index >= 15 is 0 Å². The fourth-order valence-corrected chi connectivity index (χ4v) is 2.05. The molecule has 0 aliphatic carbocycles. The van der Waals surface area contributed by atoms with E-state index in [0.717, 1.165) is 5.56 Å². The highest BCUT2D eigenvalue weighted by atomic mass is 16.4. The number of amides is 2. The van der Waals surface area contributed by atoms with E-state index < -0.39 is 11.8 Å². The van der Waals surface area contributed by atoms with Gasteiger partial charge in [-0.2, -0.15) is 0 Å². The lowest BCUT2D eigenvalue weighted by Crippen LogP contribution is -2.42. The summed E-state index contributed by atoms with van der Waals surface area (Å²) < 4.78 is 5.52. The molecule has 2 heterocycles. The van der Waals surface area contributed by atoms with Gasteiger partial charge < -0.3 is 4.42 Å². The van der Waals surface area contributed by atoms with Gasteiger partial charge in [0.1, 0.15) is 5.76 Å². The lowest BCUT2D eigenvalue weighted by Gasteiger charge is -2.05. The number of carbonyl (C=O) groups is 2. The van der Waals surface area contributed by atoms with Crippen molar-refractivity contribution < 1.29 is 14.0 Å². The largest absolute Gasteiger partial charge is 0.441 e. The highest BCUT2D eigenvalue weighted by Gasteiger charge is 2.18. The van der Waals surface area contributed by atoms with Crippen LogP contribution in [0.3, 0.4) is 0 Å². The summed E-state index contributed by atoms with van der Waals surface area (Å²) in [4.78, 5) is 32.1. The second kappa shape index (κ2) is 6.74. The number of hydrogen-bond donors (Lipinski definition) is 2. The Bertz CT molecular complexity index is 860. The molecule has 0 saturated carbocycles. The summed E-state index contributed by atoms with van der Waals surface area (Å²) in [5.74, 6) is -0.324. The Hall–Kier alpha value is -3.48. The number of oxazole rings is 1. The summed E-state index contributed by atoms with van der Waals surface area (Å²) in [6.07, 6.45) is 2.95. The lowest BCUT2D eigenvalue weighted by molar-refractivity contribution is 0.0843. The second-order valence-corrected chi connectivity index (χ2v) is 4.94. The number of rotatable bonds is 3. The third kappa shape index (κ3) is 3.30. The maximum absolute atomic E-state index is 12.2. The standard InChI is InChI=1S/C17H14N4O3/c1-11-14(19-17(24-11)12-6-3-2-4-7-12)16(23)21-20-15(22)13-8-5-9-18-10-13/h2-10H,1H3,(H,20,22)(H,21,23). The minimum Gasteiger partial charge on any atom is -0.441 e. The first-order valence-corrected chi connectivity index (χ1v) is 7.18. The molecular formula is C17H14N4O3. The Labute approximate surface area is 137 Å². The molecule has 0 aliphatic rings. The van der Waals surface area contributed by atoms with Crippen LogP contribution in [-0.4, -0.2) is 21.8 Å². The molecule has 0 bridgehead atoms. The second-order valence-electron chi connectivity index (χ2n) is 4.94. The zero-order valence-corrected chi connectivity index (χ0v) is 12.8. The predicted molar refractivity (Wildman–Crippen MR) is 85.8 cm³/mol. The number of carbonyl (C=O) groups excluding carboxylic acids is 2. The van der Waals surface area contributed by atoms with Gasteiger partial charge in [-0.05, 0) is 31.2 Å². The molecule has 0 spiro atoms. The maximum Gasteiger partial charge on any atom is 0.291 e. The van der Waals surface area contributed by atoms with E-state index in [4.69, 9.17) is 4.42 Å². The summed E-state index contributed by atoms with van der Waals surface area (Å²) in [6.45, 7) is 1.64. The number of nitrogens with zero attached hydrogens (tertiary/aromatic N) is 2. The van der Waals surface area contributed by atoms with Gasteiger partial charge in [0, 0.05) is 18.0 Å². The van der Waals surface area contributed by atoms with Crippen molar-refractivity contribution in [2.75, 3.05) is 0 Å². The Balaban J connectivity index is 1.70. The van der Waals surface area contributed by atoms with Gasteiger partial charge >= 0.3 is 0 Å². The van der Waals surface area contributed by atoms with Gasteiger partial charge in [-0.15, -0.1) is 0 Å². The summed E-state index contributed by atoms with van der Waals surface area (Å²) in [6, 6.07) is 12.5. The minimum atomic E-state index is -0.560. The molecule has 0 atom stereocenters. The van der Waals surface area contributed by atoms with Crippen LogP contribution in [0.15, 0.2) is 59.3 Å². The molecule has 2 N–H and O–H groups in total. The van der Waals surface area contributed by atoms with Crippen LogP contribution < -0.4 is 10.9 Å². The Morgan fingerprint density at radius 2 is 1.75 bits per heavy atom. The van der Waals surface area contributed by atoms with Crippen LogP contribution in [0.25, 0.3) is 11.5 Å². The first-order valence-electron chi connectivity index (χ1n) is 7.18. The monoisotopic (exact) mass is 322 g/mol. The smallest absolute Gasteiger partial charge is 0.291 e. The van der Waals surface area contributed by atoms with E-state index in [9.17, 15) is 9.59 Å². The number of aryl methyl sites for hydroxylation is 1. The van der Waals surface area contributed by atoms with E-state index in [1.54, 1.807) is 25.3 Å². The molecule has 7 heteroatoms. The van der Waals surface area contributed by atoms with E-state index in [1.165, 1.54) is 6.20 Å². The molecule has 24 heavy (non-hydrogen) atoms. The van der Waals surface area contributed by atoms with Crippen molar-refractivity contribution in [3.05, 3.63) is 71.9 Å². The molecule has 120 valence electrons. The lowest BCUT2D eigenvalue weighted by atomic mass is 10.2. The van der Waals surface area contributed by atoms with Crippen LogP contribution in [0, 0.1) is 6.92 Å². The van der Waals surface area contributed by atoms with Gasteiger partial charge in [-0.3, -0.25) is 25.4 Å². The summed E-state index contributed by atoms with van der Waals surface area (Å²) >= 11 is 0. The molecule has 2 aromatic heterocycles. The van der Waals surface area contributed by atoms with Crippen molar-refractivity contribution in [1.29, 1.82) is 0 Å². The Morgan fingerprint density at radius 3 is 2.46 bits per heavy atom. The molecule has 0 saturated heterocycles. The van der Waals surface area contributed by atoms with Crippen molar-refractivity contribution in [2.24, 2.45) is 0 Å². The van der Waals surface area contributed by atoms with Crippen molar-refractivity contribution in [3.63, 3.8) is 0 Å². The molecule has 3 rings (SSSR count). The highest BCUT2D eigenvalue weighted by Crippen LogP contribution is 2.21. The molecular weight excluding hydrogens is 308 g/mol. The first-order chi connectivity index (χ1) is 11.6. The van der Waals surface area contributed by atoms with Crippen LogP contribution in [0.4, 0.5) is 0 Å². The highest BCUT2D eigenvalue weighted by molar-refractivity contribution is 5.98. The number of hydrazine groups is 1. The first kappa shape index (κ1) is 15.4. The van der Waals surface area contributed by atoms with Gasteiger partial charge in [0.15, 0.2) is 5.69 Å². The number of hydrogen-bond acceptors (Lipinski definition) is 5. The van der Waals surface area contributed by atoms with Gasteiger partial charge in [0.25, 0.3) is 11.8 Å². The molecule has 2 amide bonds. The fraction of sp³-hybridized carbons (Fsp3) is 0.0588. The van der Waals surface area contributed by atoms with Crippen molar-refractivity contribution >= 4 is 11.8 Å². The predicted octanol–water partition coefficient (Wildman–Crippen LogP) is 2.12. The van der Waals surface area contributed by atoms with Gasteiger partial charge in [0.05, 0.1) is 5.56 Å². The SMILES string of the molecule is Cc1oc(-c2ccccc2)nc1C(=O)NNC(=O)c1cccnc1. The molecule has 0 radical (unpaired) electrons. The average Bonchev–Trinajstić information content (AvgIpc) is 3.03. The minimum absolute atomic E-state index is 0.111. The third-order valence-electron chi connectivity index (χ3n) is 3.25. The molecule has 0 aliphatic heterocycles. The molecule has 3 aromatic rings. The third-order valence-corrected chi connectivity index (χ3v) is 3.25. The summed E-state index contributed by atoms with van der Waals surface area (Å²) in [7, 11) is 0. The van der Waals surface area contributed by atoms with Crippen LogP contribution >= 0.6 is 0 Å². The van der Waals surface area contributed by atoms with E-state index in [-0.39, 0.29) is 5.69 Å². The van der Waals surface area contributed by atoms with Crippen molar-refractivity contribution in [1.82, 2.24) is 20.8 Å². The quantitative estimate of drug-likeness (QED) is 0.720. The van der Waals surface area contributed by atoms with Crippen molar-refractivity contribution in [3.8, 4) is 11.5 Å². The normalized spacial score (nSPS) is 10.2. The summed E-state index contributed by atoms with van der Waals surface area (Å²) in [5, 5.41) is 0. The van der Waals surface area contributed by atoms with Crippen LogP contribution in [-0.2, 0) is 0 Å². The Morgan fingerprint density at radius 1 is 1.00 bits per heavy atom. The maximum atomic E-state index is 12.2. The molecule has 1 aromatic carbocycles. The fourth-order valence-electron chi connectivity index (χ4n) is 2.05. The molecule has 7 nitrogen and oxygen atoms in total.